The molecule has 90 valence electrons. The Balaban J connectivity index is 2.75. The molecule has 1 aromatic carbocycles. The van der Waals surface area contributed by atoms with Gasteiger partial charge in [-0.05, 0) is 25.1 Å². The number of anilines is 2. The fourth-order valence-corrected chi connectivity index (χ4v) is 1.83. The van der Waals surface area contributed by atoms with E-state index in [0.29, 0.717) is 12.2 Å². The quantitative estimate of drug-likeness (QED) is 0.646. The summed E-state index contributed by atoms with van der Waals surface area (Å²) in [7, 11) is -3.24. The van der Waals surface area contributed by atoms with E-state index < -0.39 is 10.0 Å². The molecule has 0 heterocycles. The van der Waals surface area contributed by atoms with Crippen molar-refractivity contribution in [3.63, 3.8) is 0 Å². The highest BCUT2D eigenvalue weighted by atomic mass is 32.2. The van der Waals surface area contributed by atoms with E-state index in [1.165, 1.54) is 0 Å². The monoisotopic (exact) mass is 243 g/mol. The predicted octanol–water partition coefficient (Wildman–Crippen LogP) is 0.819. The van der Waals surface area contributed by atoms with Crippen molar-refractivity contribution in [2.75, 3.05) is 29.4 Å². The van der Waals surface area contributed by atoms with Gasteiger partial charge in [-0.25, -0.2) is 8.42 Å². The number of sulfonamides is 1. The van der Waals surface area contributed by atoms with Gasteiger partial charge in [0.15, 0.2) is 0 Å². The number of benzene rings is 1. The average Bonchev–Trinajstić information content (AvgIpc) is 2.19. The molecular formula is C10H17N3O2S. The minimum atomic E-state index is -3.24. The molecule has 0 aromatic heterocycles. The van der Waals surface area contributed by atoms with Crippen molar-refractivity contribution in [3.05, 3.63) is 24.3 Å². The second kappa shape index (κ2) is 5.72. The first-order valence-electron chi connectivity index (χ1n) is 5.03. The lowest BCUT2D eigenvalue weighted by Gasteiger charge is -2.12. The molecule has 1 rings (SSSR count). The third-order valence-electron chi connectivity index (χ3n) is 1.92. The van der Waals surface area contributed by atoms with E-state index in [1.54, 1.807) is 12.1 Å². The molecule has 5 nitrogen and oxygen atoms in total. The van der Waals surface area contributed by atoms with Gasteiger partial charge in [-0.3, -0.25) is 4.72 Å². The number of rotatable bonds is 6. The molecule has 0 radical (unpaired) electrons. The fourth-order valence-electron chi connectivity index (χ4n) is 1.25. The fraction of sp³-hybridized carbons (Fsp3) is 0.400. The van der Waals surface area contributed by atoms with Gasteiger partial charge >= 0.3 is 0 Å². The summed E-state index contributed by atoms with van der Waals surface area (Å²) in [6, 6.07) is 7.16. The number of hydrogen-bond acceptors (Lipinski definition) is 4. The van der Waals surface area contributed by atoms with Crippen molar-refractivity contribution in [3.8, 4) is 0 Å². The standard InChI is InChI=1S/C10H17N3O2S/c1-16(14,15)13-10-6-3-2-5-9(10)12-8-4-7-11/h2-3,5-6,12-13H,4,7-8,11H2,1H3. The number of para-hydroxylation sites is 2. The van der Waals surface area contributed by atoms with Crippen molar-refractivity contribution >= 4 is 21.4 Å². The zero-order valence-corrected chi connectivity index (χ0v) is 10.0. The number of hydrogen-bond donors (Lipinski definition) is 3. The van der Waals surface area contributed by atoms with Gasteiger partial charge in [-0.1, -0.05) is 12.1 Å². The van der Waals surface area contributed by atoms with E-state index in [0.717, 1.165) is 24.9 Å². The summed E-state index contributed by atoms with van der Waals surface area (Å²) in [5.41, 5.74) is 6.70. The van der Waals surface area contributed by atoms with E-state index >= 15 is 0 Å². The van der Waals surface area contributed by atoms with Crippen molar-refractivity contribution in [2.24, 2.45) is 5.73 Å². The van der Waals surface area contributed by atoms with Gasteiger partial charge in [-0.2, -0.15) is 0 Å². The first kappa shape index (κ1) is 12.8. The smallest absolute Gasteiger partial charge is 0.229 e. The maximum absolute atomic E-state index is 11.1. The predicted molar refractivity (Wildman–Crippen MR) is 67.1 cm³/mol. The van der Waals surface area contributed by atoms with Crippen LogP contribution < -0.4 is 15.8 Å². The van der Waals surface area contributed by atoms with E-state index in [4.69, 9.17) is 5.73 Å². The lowest BCUT2D eigenvalue weighted by atomic mass is 10.2. The second-order valence-electron chi connectivity index (χ2n) is 3.49. The highest BCUT2D eigenvalue weighted by Gasteiger charge is 2.05. The molecule has 0 unspecified atom stereocenters. The molecule has 0 spiro atoms. The third kappa shape index (κ3) is 4.50. The Hall–Kier alpha value is -1.27. The van der Waals surface area contributed by atoms with Gasteiger partial charge in [0.1, 0.15) is 0 Å². The van der Waals surface area contributed by atoms with Crippen molar-refractivity contribution in [1.82, 2.24) is 0 Å². The van der Waals surface area contributed by atoms with Crippen molar-refractivity contribution in [1.29, 1.82) is 0 Å². The molecule has 0 amide bonds. The topological polar surface area (TPSA) is 84.2 Å². The largest absolute Gasteiger partial charge is 0.383 e. The van der Waals surface area contributed by atoms with Crippen LogP contribution in [0.25, 0.3) is 0 Å². The average molecular weight is 243 g/mol. The van der Waals surface area contributed by atoms with Gasteiger partial charge in [0.2, 0.25) is 10.0 Å². The zero-order valence-electron chi connectivity index (χ0n) is 9.23. The van der Waals surface area contributed by atoms with Crippen molar-refractivity contribution < 1.29 is 8.42 Å². The highest BCUT2D eigenvalue weighted by molar-refractivity contribution is 7.92. The van der Waals surface area contributed by atoms with Crippen LogP contribution in [0.1, 0.15) is 6.42 Å². The normalized spacial score (nSPS) is 11.1. The molecule has 1 aromatic rings. The van der Waals surface area contributed by atoms with E-state index in [2.05, 4.69) is 10.0 Å². The minimum absolute atomic E-state index is 0.557. The molecule has 4 N–H and O–H groups in total. The Bertz CT molecular complexity index is 431. The van der Waals surface area contributed by atoms with Crippen LogP contribution in [0.2, 0.25) is 0 Å². The van der Waals surface area contributed by atoms with Crippen LogP contribution in [0.5, 0.6) is 0 Å². The first-order chi connectivity index (χ1) is 7.53. The maximum Gasteiger partial charge on any atom is 0.229 e. The maximum atomic E-state index is 11.1. The Morgan fingerprint density at radius 2 is 1.88 bits per heavy atom. The summed E-state index contributed by atoms with van der Waals surface area (Å²) in [5.74, 6) is 0. The van der Waals surface area contributed by atoms with Gasteiger partial charge in [0, 0.05) is 6.54 Å². The molecule has 0 aliphatic rings. The van der Waals surface area contributed by atoms with Gasteiger partial charge in [0.05, 0.1) is 17.6 Å². The Morgan fingerprint density at radius 3 is 2.44 bits per heavy atom. The third-order valence-corrected chi connectivity index (χ3v) is 2.51. The lowest BCUT2D eigenvalue weighted by molar-refractivity contribution is 0.607. The van der Waals surface area contributed by atoms with E-state index in [1.807, 2.05) is 12.1 Å². The van der Waals surface area contributed by atoms with Crippen LogP contribution in [0.15, 0.2) is 24.3 Å². The van der Waals surface area contributed by atoms with E-state index in [-0.39, 0.29) is 0 Å². The van der Waals surface area contributed by atoms with Gasteiger partial charge in [0.25, 0.3) is 0 Å². The van der Waals surface area contributed by atoms with Crippen molar-refractivity contribution in [2.45, 2.75) is 6.42 Å². The molecule has 16 heavy (non-hydrogen) atoms. The SMILES string of the molecule is CS(=O)(=O)Nc1ccccc1NCCCN. The van der Waals surface area contributed by atoms with Crippen LogP contribution in [-0.2, 0) is 10.0 Å². The second-order valence-corrected chi connectivity index (χ2v) is 5.24. The molecule has 0 saturated carbocycles. The highest BCUT2D eigenvalue weighted by Crippen LogP contribution is 2.21. The summed E-state index contributed by atoms with van der Waals surface area (Å²) in [6.07, 6.45) is 1.97. The molecule has 0 aliphatic heterocycles. The summed E-state index contributed by atoms with van der Waals surface area (Å²) >= 11 is 0. The summed E-state index contributed by atoms with van der Waals surface area (Å²) < 4.78 is 24.7. The molecule has 0 bridgehead atoms. The van der Waals surface area contributed by atoms with Gasteiger partial charge in [-0.15, -0.1) is 0 Å². The van der Waals surface area contributed by atoms with Crippen LogP contribution in [0.4, 0.5) is 11.4 Å². The van der Waals surface area contributed by atoms with Crippen LogP contribution in [0, 0.1) is 0 Å². The van der Waals surface area contributed by atoms with Crippen LogP contribution in [0.3, 0.4) is 0 Å². The zero-order chi connectivity index (χ0) is 12.0. The summed E-state index contributed by atoms with van der Waals surface area (Å²) in [6.45, 7) is 1.33. The Morgan fingerprint density at radius 1 is 1.25 bits per heavy atom. The first-order valence-corrected chi connectivity index (χ1v) is 6.93. The van der Waals surface area contributed by atoms with Crippen LogP contribution in [-0.4, -0.2) is 27.8 Å². The molecule has 0 atom stereocenters. The summed E-state index contributed by atoms with van der Waals surface area (Å²) in [4.78, 5) is 0. The molecule has 0 aliphatic carbocycles. The minimum Gasteiger partial charge on any atom is -0.383 e. The lowest BCUT2D eigenvalue weighted by Crippen LogP contribution is -2.13. The Labute approximate surface area is 96.1 Å². The Kier molecular flexibility index (Phi) is 4.57. The summed E-state index contributed by atoms with van der Waals surface area (Å²) in [5, 5.41) is 3.13. The van der Waals surface area contributed by atoms with E-state index in [9.17, 15) is 8.42 Å². The molecular weight excluding hydrogens is 226 g/mol. The number of nitrogens with two attached hydrogens (primary N) is 1. The van der Waals surface area contributed by atoms with Crippen LogP contribution >= 0.6 is 0 Å². The molecule has 6 heteroatoms. The molecule has 0 fully saturated rings. The number of nitrogens with one attached hydrogen (secondary N) is 2. The van der Waals surface area contributed by atoms with Gasteiger partial charge < -0.3 is 11.1 Å². The molecule has 0 saturated heterocycles.